The molecular formula is C15H17N3O2S. The summed E-state index contributed by atoms with van der Waals surface area (Å²) in [4.78, 5) is 8.18. The zero-order valence-corrected chi connectivity index (χ0v) is 12.7. The van der Waals surface area contributed by atoms with Crippen LogP contribution in [0, 0.1) is 6.92 Å². The minimum absolute atomic E-state index is 0.0394. The molecule has 0 aliphatic carbocycles. The first-order chi connectivity index (χ1) is 10.0. The van der Waals surface area contributed by atoms with Crippen molar-refractivity contribution in [2.75, 3.05) is 6.54 Å². The summed E-state index contributed by atoms with van der Waals surface area (Å²) >= 11 is 0. The van der Waals surface area contributed by atoms with Crippen molar-refractivity contribution in [2.24, 2.45) is 0 Å². The lowest BCUT2D eigenvalue weighted by molar-refractivity contribution is 0.386. The predicted octanol–water partition coefficient (Wildman–Crippen LogP) is 1.67. The van der Waals surface area contributed by atoms with Gasteiger partial charge in [-0.25, -0.2) is 18.4 Å². The van der Waals surface area contributed by atoms with Gasteiger partial charge in [0.2, 0.25) is 10.0 Å². The zero-order valence-electron chi connectivity index (χ0n) is 11.9. The van der Waals surface area contributed by atoms with Gasteiger partial charge in [-0.1, -0.05) is 29.8 Å². The van der Waals surface area contributed by atoms with E-state index in [9.17, 15) is 8.42 Å². The molecule has 0 unspecified atom stereocenters. The van der Waals surface area contributed by atoms with Crippen LogP contribution in [-0.4, -0.2) is 29.2 Å². The molecule has 3 rings (SSSR count). The Morgan fingerprint density at radius 3 is 3.00 bits per heavy atom. The van der Waals surface area contributed by atoms with E-state index >= 15 is 0 Å². The summed E-state index contributed by atoms with van der Waals surface area (Å²) in [6.45, 7) is 2.81. The smallest absolute Gasteiger partial charge is 0.218 e. The molecule has 21 heavy (non-hydrogen) atoms. The molecule has 0 atom stereocenters. The molecule has 0 bridgehead atoms. The highest BCUT2D eigenvalue weighted by molar-refractivity contribution is 7.88. The van der Waals surface area contributed by atoms with E-state index in [1.54, 1.807) is 6.20 Å². The van der Waals surface area contributed by atoms with Crippen LogP contribution < -0.4 is 0 Å². The molecule has 5 nitrogen and oxygen atoms in total. The molecule has 0 N–H and O–H groups in total. The molecule has 1 aliphatic rings. The first kappa shape index (κ1) is 14.2. The lowest BCUT2D eigenvalue weighted by atomic mass is 10.1. The summed E-state index contributed by atoms with van der Waals surface area (Å²) < 4.78 is 26.7. The average molecular weight is 303 g/mol. The highest BCUT2D eigenvalue weighted by atomic mass is 32.2. The summed E-state index contributed by atoms with van der Waals surface area (Å²) in [7, 11) is -3.32. The number of fused-ring (bicyclic) bond motifs is 1. The third kappa shape index (κ3) is 3.11. The fourth-order valence-corrected chi connectivity index (χ4v) is 4.07. The second-order valence-corrected chi connectivity index (χ2v) is 7.29. The van der Waals surface area contributed by atoms with Gasteiger partial charge in [0.05, 0.1) is 5.75 Å². The van der Waals surface area contributed by atoms with Crippen LogP contribution in [-0.2, 0) is 28.7 Å². The Morgan fingerprint density at radius 1 is 1.33 bits per heavy atom. The Bertz CT molecular complexity index is 759. The number of sulfonamides is 1. The van der Waals surface area contributed by atoms with Gasteiger partial charge in [0.1, 0.15) is 6.33 Å². The maximum absolute atomic E-state index is 12.6. The van der Waals surface area contributed by atoms with Gasteiger partial charge < -0.3 is 0 Å². The molecule has 0 spiro atoms. The number of nitrogens with zero attached hydrogens (tertiary/aromatic N) is 3. The summed E-state index contributed by atoms with van der Waals surface area (Å²) in [5.74, 6) is 0.0394. The van der Waals surface area contributed by atoms with Crippen molar-refractivity contribution >= 4 is 10.0 Å². The molecule has 0 amide bonds. The van der Waals surface area contributed by atoms with Crippen molar-refractivity contribution < 1.29 is 8.42 Å². The molecule has 1 aliphatic heterocycles. The second-order valence-electron chi connectivity index (χ2n) is 5.32. The van der Waals surface area contributed by atoms with Crippen molar-refractivity contribution in [3.05, 3.63) is 59.2 Å². The van der Waals surface area contributed by atoms with E-state index in [0.29, 0.717) is 19.5 Å². The van der Waals surface area contributed by atoms with Crippen LogP contribution in [0.15, 0.2) is 36.8 Å². The van der Waals surface area contributed by atoms with Crippen LogP contribution in [0.25, 0.3) is 0 Å². The third-order valence-electron chi connectivity index (χ3n) is 3.65. The van der Waals surface area contributed by atoms with E-state index in [1.165, 1.54) is 10.6 Å². The minimum Gasteiger partial charge on any atom is -0.244 e. The molecule has 0 saturated carbocycles. The largest absolute Gasteiger partial charge is 0.244 e. The maximum atomic E-state index is 12.6. The van der Waals surface area contributed by atoms with E-state index in [0.717, 1.165) is 22.4 Å². The minimum atomic E-state index is -3.32. The molecular weight excluding hydrogens is 286 g/mol. The van der Waals surface area contributed by atoms with Gasteiger partial charge in [-0.3, -0.25) is 0 Å². The third-order valence-corrected chi connectivity index (χ3v) is 5.45. The number of aryl methyl sites for hydroxylation is 1. The Hall–Kier alpha value is -1.79. The normalized spacial score (nSPS) is 15.7. The molecule has 1 aromatic carbocycles. The van der Waals surface area contributed by atoms with Crippen LogP contribution in [0.3, 0.4) is 0 Å². The number of benzene rings is 1. The maximum Gasteiger partial charge on any atom is 0.218 e. The summed E-state index contributed by atoms with van der Waals surface area (Å²) in [6, 6.07) is 7.62. The van der Waals surface area contributed by atoms with Gasteiger partial charge in [-0.2, -0.15) is 4.31 Å². The number of rotatable bonds is 3. The van der Waals surface area contributed by atoms with Crippen molar-refractivity contribution in [3.8, 4) is 0 Å². The molecule has 1 aromatic heterocycles. The van der Waals surface area contributed by atoms with Gasteiger partial charge in [0.15, 0.2) is 0 Å². The first-order valence-electron chi connectivity index (χ1n) is 6.86. The molecule has 0 fully saturated rings. The summed E-state index contributed by atoms with van der Waals surface area (Å²) in [5.41, 5.74) is 3.74. The number of hydrogen-bond donors (Lipinski definition) is 0. The summed E-state index contributed by atoms with van der Waals surface area (Å²) in [5, 5.41) is 0. The quantitative estimate of drug-likeness (QED) is 0.865. The zero-order chi connectivity index (χ0) is 14.9. The van der Waals surface area contributed by atoms with Crippen molar-refractivity contribution in [1.29, 1.82) is 0 Å². The van der Waals surface area contributed by atoms with E-state index in [4.69, 9.17) is 0 Å². The lowest BCUT2D eigenvalue weighted by Gasteiger charge is -2.27. The molecule has 0 saturated heterocycles. The SMILES string of the molecule is Cc1cccc(CS(=O)(=O)N2CCc3ncncc3C2)c1. The number of aromatic nitrogens is 2. The van der Waals surface area contributed by atoms with Crippen molar-refractivity contribution in [2.45, 2.75) is 25.6 Å². The van der Waals surface area contributed by atoms with Crippen molar-refractivity contribution in [1.82, 2.24) is 14.3 Å². The van der Waals surface area contributed by atoms with Gasteiger partial charge in [-0.05, 0) is 12.5 Å². The molecule has 0 radical (unpaired) electrons. The standard InChI is InChI=1S/C15H17N3O2S/c1-12-3-2-4-13(7-12)10-21(19,20)18-6-5-15-14(9-18)8-16-11-17-15/h2-4,7-8,11H,5-6,9-10H2,1H3. The van der Waals surface area contributed by atoms with Gasteiger partial charge in [0.25, 0.3) is 0 Å². The Kier molecular flexibility index (Phi) is 3.73. The molecule has 2 heterocycles. The van der Waals surface area contributed by atoms with Gasteiger partial charge >= 0.3 is 0 Å². The average Bonchev–Trinajstić information content (AvgIpc) is 2.46. The van der Waals surface area contributed by atoms with E-state index < -0.39 is 10.0 Å². The van der Waals surface area contributed by atoms with Crippen LogP contribution in [0.4, 0.5) is 0 Å². The topological polar surface area (TPSA) is 63.2 Å². The van der Waals surface area contributed by atoms with Crippen LogP contribution in [0.2, 0.25) is 0 Å². The van der Waals surface area contributed by atoms with E-state index in [1.807, 2.05) is 31.2 Å². The number of hydrogen-bond acceptors (Lipinski definition) is 4. The van der Waals surface area contributed by atoms with E-state index in [2.05, 4.69) is 9.97 Å². The van der Waals surface area contributed by atoms with Gasteiger partial charge in [-0.15, -0.1) is 0 Å². The van der Waals surface area contributed by atoms with Crippen molar-refractivity contribution in [3.63, 3.8) is 0 Å². The Labute approximate surface area is 124 Å². The Balaban J connectivity index is 1.80. The monoisotopic (exact) mass is 303 g/mol. The van der Waals surface area contributed by atoms with Crippen LogP contribution in [0.5, 0.6) is 0 Å². The van der Waals surface area contributed by atoms with Crippen LogP contribution in [0.1, 0.15) is 22.4 Å². The van der Waals surface area contributed by atoms with Crippen LogP contribution >= 0.6 is 0 Å². The molecule has 2 aromatic rings. The fourth-order valence-electron chi connectivity index (χ4n) is 2.58. The molecule has 110 valence electrons. The van der Waals surface area contributed by atoms with Gasteiger partial charge in [0, 0.05) is 37.0 Å². The van der Waals surface area contributed by atoms with E-state index in [-0.39, 0.29) is 5.75 Å². The first-order valence-corrected chi connectivity index (χ1v) is 8.47. The summed E-state index contributed by atoms with van der Waals surface area (Å²) in [6.07, 6.45) is 3.86. The lowest BCUT2D eigenvalue weighted by Crippen LogP contribution is -2.37. The highest BCUT2D eigenvalue weighted by Crippen LogP contribution is 2.21. The molecule has 6 heteroatoms. The highest BCUT2D eigenvalue weighted by Gasteiger charge is 2.27. The Morgan fingerprint density at radius 2 is 2.19 bits per heavy atom. The fraction of sp³-hybridized carbons (Fsp3) is 0.333. The second kappa shape index (κ2) is 5.54. The predicted molar refractivity (Wildman–Crippen MR) is 79.9 cm³/mol.